The lowest BCUT2D eigenvalue weighted by molar-refractivity contribution is -0.134. The maximum absolute atomic E-state index is 13.2. The zero-order valence-corrected chi connectivity index (χ0v) is 16.5. The first kappa shape index (κ1) is 23.1. The predicted octanol–water partition coefficient (Wildman–Crippen LogP) is 1.97. The van der Waals surface area contributed by atoms with Crippen molar-refractivity contribution in [3.8, 4) is 0 Å². The zero-order valence-electron chi connectivity index (χ0n) is 16.5. The summed E-state index contributed by atoms with van der Waals surface area (Å²) in [5.41, 5.74) is 0.879. The monoisotopic (exact) mass is 421 g/mol. The minimum absolute atomic E-state index is 0.118. The molecule has 6 nitrogen and oxygen atoms in total. The number of hydrogen-bond donors (Lipinski definition) is 3. The molecule has 160 valence electrons. The lowest BCUT2D eigenvalue weighted by Crippen LogP contribution is -2.51. The molecular formula is C21H22F3N3O3. The second-order valence-corrected chi connectivity index (χ2v) is 6.83. The van der Waals surface area contributed by atoms with Crippen LogP contribution in [0.15, 0.2) is 42.5 Å². The Bertz CT molecular complexity index is 899. The van der Waals surface area contributed by atoms with Crippen molar-refractivity contribution in [3.63, 3.8) is 0 Å². The summed E-state index contributed by atoms with van der Waals surface area (Å²) in [5.74, 6) is -3.94. The van der Waals surface area contributed by atoms with E-state index in [1.165, 1.54) is 19.1 Å². The van der Waals surface area contributed by atoms with Gasteiger partial charge in [0, 0.05) is 12.6 Å². The molecule has 2 rings (SSSR count). The third kappa shape index (κ3) is 7.32. The van der Waals surface area contributed by atoms with Crippen LogP contribution in [0.4, 0.5) is 13.2 Å². The molecule has 0 bridgehead atoms. The molecule has 9 heteroatoms. The van der Waals surface area contributed by atoms with Crippen molar-refractivity contribution in [1.29, 1.82) is 0 Å². The van der Waals surface area contributed by atoms with Gasteiger partial charge < -0.3 is 10.6 Å². The van der Waals surface area contributed by atoms with Gasteiger partial charge in [-0.15, -0.1) is 0 Å². The van der Waals surface area contributed by atoms with Crippen LogP contribution in [0, 0.1) is 17.5 Å². The van der Waals surface area contributed by atoms with E-state index in [1.807, 2.05) is 0 Å². The van der Waals surface area contributed by atoms with Gasteiger partial charge in [-0.25, -0.2) is 13.2 Å². The fourth-order valence-electron chi connectivity index (χ4n) is 2.56. The molecule has 3 amide bonds. The second-order valence-electron chi connectivity index (χ2n) is 6.83. The van der Waals surface area contributed by atoms with E-state index in [0.29, 0.717) is 12.6 Å². The Hall–Kier alpha value is -3.20. The Morgan fingerprint density at radius 2 is 1.37 bits per heavy atom. The third-order valence-electron chi connectivity index (χ3n) is 4.22. The molecule has 0 aliphatic carbocycles. The molecule has 0 aliphatic rings. The molecule has 3 N–H and O–H groups in total. The van der Waals surface area contributed by atoms with E-state index in [2.05, 4.69) is 16.0 Å². The fraction of sp³-hybridized carbons (Fsp3) is 0.286. The summed E-state index contributed by atoms with van der Waals surface area (Å²) in [5, 5.41) is 7.45. The Morgan fingerprint density at radius 1 is 0.800 bits per heavy atom. The van der Waals surface area contributed by atoms with Gasteiger partial charge in [-0.3, -0.25) is 19.7 Å². The number of benzene rings is 2. The quantitative estimate of drug-likeness (QED) is 0.608. The van der Waals surface area contributed by atoms with Crippen molar-refractivity contribution in [1.82, 2.24) is 16.0 Å². The second kappa shape index (κ2) is 10.5. The van der Waals surface area contributed by atoms with Crippen LogP contribution in [0.2, 0.25) is 0 Å². The summed E-state index contributed by atoms with van der Waals surface area (Å²) in [6.45, 7) is 3.22. The van der Waals surface area contributed by atoms with Crippen LogP contribution in [0.1, 0.15) is 25.0 Å². The number of carbonyl (C=O) groups is 3. The van der Waals surface area contributed by atoms with Crippen LogP contribution in [0.3, 0.4) is 0 Å². The highest BCUT2D eigenvalue weighted by atomic mass is 19.1. The molecule has 0 saturated carbocycles. The molecule has 2 atom stereocenters. The zero-order chi connectivity index (χ0) is 22.3. The first-order valence-corrected chi connectivity index (χ1v) is 9.21. The molecule has 2 aromatic carbocycles. The molecule has 2 aromatic rings. The van der Waals surface area contributed by atoms with Crippen molar-refractivity contribution < 1.29 is 27.6 Å². The van der Waals surface area contributed by atoms with Crippen molar-refractivity contribution in [3.05, 3.63) is 71.0 Å². The average molecular weight is 421 g/mol. The largest absolute Gasteiger partial charge is 0.344 e. The molecule has 0 spiro atoms. The highest BCUT2D eigenvalue weighted by Crippen LogP contribution is 2.08. The first-order valence-electron chi connectivity index (χ1n) is 9.21. The van der Waals surface area contributed by atoms with Crippen molar-refractivity contribution in [2.75, 3.05) is 0 Å². The van der Waals surface area contributed by atoms with Crippen LogP contribution < -0.4 is 16.0 Å². The van der Waals surface area contributed by atoms with Crippen LogP contribution in [-0.2, 0) is 27.3 Å². The number of halogens is 3. The van der Waals surface area contributed by atoms with Crippen molar-refractivity contribution in [2.24, 2.45) is 0 Å². The highest BCUT2D eigenvalue weighted by Gasteiger charge is 2.21. The van der Waals surface area contributed by atoms with Crippen LogP contribution in [0.25, 0.3) is 0 Å². The van der Waals surface area contributed by atoms with E-state index in [-0.39, 0.29) is 17.8 Å². The highest BCUT2D eigenvalue weighted by molar-refractivity contribution is 6.00. The van der Waals surface area contributed by atoms with Crippen LogP contribution in [-0.4, -0.2) is 29.8 Å². The Kier molecular flexibility index (Phi) is 8.11. The summed E-state index contributed by atoms with van der Waals surface area (Å²) in [4.78, 5) is 36.3. The Balaban J connectivity index is 1.79. The van der Waals surface area contributed by atoms with Gasteiger partial charge in [0.2, 0.25) is 17.7 Å². The lowest BCUT2D eigenvalue weighted by Gasteiger charge is -2.17. The van der Waals surface area contributed by atoms with Crippen LogP contribution >= 0.6 is 0 Å². The molecular weight excluding hydrogens is 399 g/mol. The number of hydrogen-bond acceptors (Lipinski definition) is 4. The maximum atomic E-state index is 13.2. The molecule has 30 heavy (non-hydrogen) atoms. The van der Waals surface area contributed by atoms with Gasteiger partial charge in [0.15, 0.2) is 0 Å². The summed E-state index contributed by atoms with van der Waals surface area (Å²) < 4.78 is 39.3. The van der Waals surface area contributed by atoms with Crippen molar-refractivity contribution >= 4 is 17.7 Å². The average Bonchev–Trinajstić information content (AvgIpc) is 2.66. The van der Waals surface area contributed by atoms with E-state index in [1.54, 1.807) is 19.1 Å². The van der Waals surface area contributed by atoms with Gasteiger partial charge in [-0.1, -0.05) is 12.1 Å². The van der Waals surface area contributed by atoms with E-state index in [4.69, 9.17) is 0 Å². The van der Waals surface area contributed by atoms with Gasteiger partial charge in [0.25, 0.3) is 0 Å². The fourth-order valence-corrected chi connectivity index (χ4v) is 2.56. The summed E-state index contributed by atoms with van der Waals surface area (Å²) >= 11 is 0. The number of carbonyl (C=O) groups excluding carboxylic acids is 3. The third-order valence-corrected chi connectivity index (χ3v) is 4.22. The van der Waals surface area contributed by atoms with E-state index < -0.39 is 41.4 Å². The number of nitrogens with one attached hydrogen (secondary N) is 3. The van der Waals surface area contributed by atoms with E-state index >= 15 is 0 Å². The molecule has 0 fully saturated rings. The van der Waals surface area contributed by atoms with E-state index in [9.17, 15) is 27.6 Å². The SMILES string of the molecule is C[C@H](NCc1ccc(F)cc1)C(=O)NC(=O)[C@H](C)NC(=O)Cc1cc(F)cc(F)c1. The topological polar surface area (TPSA) is 87.3 Å². The number of amides is 3. The Labute approximate surface area is 171 Å². The Morgan fingerprint density at radius 3 is 1.97 bits per heavy atom. The summed E-state index contributed by atoms with van der Waals surface area (Å²) in [7, 11) is 0. The van der Waals surface area contributed by atoms with Crippen LogP contribution in [0.5, 0.6) is 0 Å². The molecule has 0 heterocycles. The molecule has 0 unspecified atom stereocenters. The number of rotatable bonds is 8. The summed E-state index contributed by atoms with van der Waals surface area (Å²) in [6.07, 6.45) is -0.324. The predicted molar refractivity (Wildman–Crippen MR) is 104 cm³/mol. The maximum Gasteiger partial charge on any atom is 0.248 e. The normalized spacial score (nSPS) is 12.7. The minimum Gasteiger partial charge on any atom is -0.344 e. The van der Waals surface area contributed by atoms with Gasteiger partial charge in [-0.05, 0) is 49.2 Å². The first-order chi connectivity index (χ1) is 14.1. The van der Waals surface area contributed by atoms with Crippen molar-refractivity contribution in [2.45, 2.75) is 38.9 Å². The summed E-state index contributed by atoms with van der Waals surface area (Å²) in [6, 6.07) is 6.70. The van der Waals surface area contributed by atoms with Gasteiger partial charge in [0.1, 0.15) is 23.5 Å². The lowest BCUT2D eigenvalue weighted by atomic mass is 10.1. The van der Waals surface area contributed by atoms with Gasteiger partial charge in [0.05, 0.1) is 12.5 Å². The molecule has 0 radical (unpaired) electrons. The molecule has 0 aromatic heterocycles. The molecule has 0 aliphatic heterocycles. The van der Waals surface area contributed by atoms with Gasteiger partial charge >= 0.3 is 0 Å². The van der Waals surface area contributed by atoms with Gasteiger partial charge in [-0.2, -0.15) is 0 Å². The number of imide groups is 1. The van der Waals surface area contributed by atoms with E-state index in [0.717, 1.165) is 17.7 Å². The minimum atomic E-state index is -1.04. The smallest absolute Gasteiger partial charge is 0.248 e. The molecule has 0 saturated heterocycles. The standard InChI is InChI=1S/C21H22F3N3O3/c1-12(25-11-14-3-5-16(22)6-4-14)20(29)27-21(30)13(2)26-19(28)9-15-7-17(23)10-18(24)8-15/h3-8,10,12-13,25H,9,11H2,1-2H3,(H,26,28)(H,27,29,30)/t12-,13-/m0/s1.